The summed E-state index contributed by atoms with van der Waals surface area (Å²) in [6, 6.07) is 5.16. The number of hydrogen-bond acceptors (Lipinski definition) is 3. The van der Waals surface area contributed by atoms with Crippen molar-refractivity contribution in [2.75, 3.05) is 13.1 Å². The van der Waals surface area contributed by atoms with Gasteiger partial charge in [0.05, 0.1) is 10.5 Å². The van der Waals surface area contributed by atoms with Gasteiger partial charge in [-0.15, -0.1) is 0 Å². The third-order valence-corrected chi connectivity index (χ3v) is 5.68. The Kier molecular flexibility index (Phi) is 5.81. The number of nitrogens with two attached hydrogens (primary N) is 1. The van der Waals surface area contributed by atoms with Crippen molar-refractivity contribution in [3.63, 3.8) is 0 Å². The van der Waals surface area contributed by atoms with Crippen molar-refractivity contribution in [1.82, 2.24) is 4.90 Å². The van der Waals surface area contributed by atoms with E-state index >= 15 is 0 Å². The summed E-state index contributed by atoms with van der Waals surface area (Å²) in [5.74, 6) is -0.0989. The second kappa shape index (κ2) is 7.45. The summed E-state index contributed by atoms with van der Waals surface area (Å²) in [5, 5.41) is 5.49. The minimum atomic E-state index is -3.96. The third kappa shape index (κ3) is 3.93. The molecule has 2 rings (SSSR count). The number of rotatable bonds is 5. The zero-order valence-electron chi connectivity index (χ0n) is 13.9. The molecule has 1 amide bonds. The topological polar surface area (TPSA) is 80.5 Å². The lowest BCUT2D eigenvalue weighted by Gasteiger charge is -2.26. The lowest BCUT2D eigenvalue weighted by Crippen LogP contribution is -2.33. The number of amides is 1. The summed E-state index contributed by atoms with van der Waals surface area (Å²) in [5.41, 5.74) is 0.921. The van der Waals surface area contributed by atoms with Gasteiger partial charge in [-0.1, -0.05) is 31.4 Å². The second-order valence-electron chi connectivity index (χ2n) is 6.08. The first-order chi connectivity index (χ1) is 10.9. The Morgan fingerprint density at radius 1 is 1.17 bits per heavy atom. The molecule has 6 heteroatoms. The maximum atomic E-state index is 12.7. The molecule has 0 saturated heterocycles. The average molecular weight is 338 g/mol. The van der Waals surface area contributed by atoms with E-state index in [1.807, 2.05) is 19.9 Å². The number of carbonyl (C=O) groups excluding carboxylic acids is 1. The maximum absolute atomic E-state index is 12.7. The molecule has 1 aliphatic carbocycles. The van der Waals surface area contributed by atoms with Crippen molar-refractivity contribution in [3.8, 4) is 0 Å². The van der Waals surface area contributed by atoms with Gasteiger partial charge in [0.2, 0.25) is 10.0 Å². The Bertz CT molecular complexity index is 660. The van der Waals surface area contributed by atoms with Crippen LogP contribution in [0.2, 0.25) is 0 Å². The quantitative estimate of drug-likeness (QED) is 0.896. The first kappa shape index (κ1) is 17.9. The lowest BCUT2D eigenvalue weighted by molar-refractivity contribution is 0.0769. The molecular formula is C17H26N2O3S. The van der Waals surface area contributed by atoms with Crippen molar-refractivity contribution >= 4 is 15.9 Å². The fourth-order valence-corrected chi connectivity index (χ4v) is 4.48. The smallest absolute Gasteiger partial charge is 0.255 e. The van der Waals surface area contributed by atoms with E-state index in [1.165, 1.54) is 6.42 Å². The van der Waals surface area contributed by atoms with Crippen LogP contribution in [0.1, 0.15) is 67.8 Å². The van der Waals surface area contributed by atoms with Gasteiger partial charge in [-0.3, -0.25) is 4.79 Å². The van der Waals surface area contributed by atoms with Crippen LogP contribution in [-0.4, -0.2) is 32.3 Å². The fraction of sp³-hybridized carbons (Fsp3) is 0.588. The van der Waals surface area contributed by atoms with Crippen LogP contribution in [0.5, 0.6) is 0 Å². The van der Waals surface area contributed by atoms with Gasteiger partial charge in [0.1, 0.15) is 0 Å². The molecule has 2 N–H and O–H groups in total. The zero-order valence-corrected chi connectivity index (χ0v) is 14.7. The molecule has 0 bridgehead atoms. The van der Waals surface area contributed by atoms with E-state index in [4.69, 9.17) is 5.14 Å². The monoisotopic (exact) mass is 338 g/mol. The van der Waals surface area contributed by atoms with E-state index in [2.05, 4.69) is 0 Å². The molecule has 1 aliphatic rings. The minimum Gasteiger partial charge on any atom is -0.339 e. The maximum Gasteiger partial charge on any atom is 0.255 e. The van der Waals surface area contributed by atoms with Crippen molar-refractivity contribution in [1.29, 1.82) is 0 Å². The number of hydrogen-bond donors (Lipinski definition) is 1. The molecule has 1 aromatic carbocycles. The van der Waals surface area contributed by atoms with E-state index in [0.717, 1.165) is 25.7 Å². The molecule has 128 valence electrons. The van der Waals surface area contributed by atoms with Gasteiger partial charge in [0, 0.05) is 13.1 Å². The largest absolute Gasteiger partial charge is 0.339 e. The Hall–Kier alpha value is -1.40. The lowest BCUT2D eigenvalue weighted by atomic mass is 9.83. The second-order valence-corrected chi connectivity index (χ2v) is 7.58. The van der Waals surface area contributed by atoms with Crippen molar-refractivity contribution in [2.45, 2.75) is 56.8 Å². The van der Waals surface area contributed by atoms with Crippen LogP contribution in [0.25, 0.3) is 0 Å². The first-order valence-electron chi connectivity index (χ1n) is 8.35. The van der Waals surface area contributed by atoms with Gasteiger partial charge >= 0.3 is 0 Å². The summed E-state index contributed by atoms with van der Waals surface area (Å²) in [6.07, 6.45) is 5.25. The Labute approximate surface area is 138 Å². The van der Waals surface area contributed by atoms with Crippen molar-refractivity contribution in [3.05, 3.63) is 29.3 Å². The molecule has 5 nitrogen and oxygen atoms in total. The van der Waals surface area contributed by atoms with Gasteiger partial charge in [0.15, 0.2) is 0 Å². The van der Waals surface area contributed by atoms with Crippen LogP contribution in [-0.2, 0) is 10.0 Å². The molecule has 1 fully saturated rings. The van der Waals surface area contributed by atoms with Gasteiger partial charge in [-0.05, 0) is 44.2 Å². The molecule has 0 radical (unpaired) electrons. The number of carbonyl (C=O) groups is 1. The number of benzene rings is 1. The SMILES string of the molecule is CCN(CC)C(=O)c1cccc(C2CCCCC2)c1S(N)(=O)=O. The number of nitrogens with zero attached hydrogens (tertiary/aromatic N) is 1. The highest BCUT2D eigenvalue weighted by Gasteiger charge is 2.29. The number of sulfonamides is 1. The van der Waals surface area contributed by atoms with Crippen molar-refractivity contribution in [2.24, 2.45) is 5.14 Å². The predicted octanol–water partition coefficient (Wildman–Crippen LogP) is 2.86. The first-order valence-corrected chi connectivity index (χ1v) is 9.89. The Balaban J connectivity index is 2.57. The van der Waals surface area contributed by atoms with Crippen LogP contribution in [0.15, 0.2) is 23.1 Å². The standard InChI is InChI=1S/C17H26N2O3S/c1-3-19(4-2)17(20)15-12-8-11-14(16(15)23(18,21)22)13-9-6-5-7-10-13/h8,11-13H,3-7,9-10H2,1-2H3,(H2,18,21,22). The Morgan fingerprint density at radius 2 is 1.78 bits per heavy atom. The molecule has 23 heavy (non-hydrogen) atoms. The summed E-state index contributed by atoms with van der Waals surface area (Å²) in [4.78, 5) is 14.4. The van der Waals surface area contributed by atoms with Crippen LogP contribution in [0.3, 0.4) is 0 Å². The average Bonchev–Trinajstić information content (AvgIpc) is 2.55. The highest BCUT2D eigenvalue weighted by atomic mass is 32.2. The number of primary sulfonamides is 1. The van der Waals surface area contributed by atoms with E-state index in [1.54, 1.807) is 17.0 Å². The van der Waals surface area contributed by atoms with Crippen LogP contribution in [0, 0.1) is 0 Å². The van der Waals surface area contributed by atoms with E-state index in [0.29, 0.717) is 18.7 Å². The molecular weight excluding hydrogens is 312 g/mol. The van der Waals surface area contributed by atoms with E-state index < -0.39 is 10.0 Å². The molecule has 1 saturated carbocycles. The summed E-state index contributed by atoms with van der Waals surface area (Å²) >= 11 is 0. The highest BCUT2D eigenvalue weighted by Crippen LogP contribution is 2.37. The van der Waals surface area contributed by atoms with Gasteiger partial charge in [-0.2, -0.15) is 0 Å². The normalized spacial score (nSPS) is 16.3. The molecule has 1 aromatic rings. The molecule has 0 atom stereocenters. The van der Waals surface area contributed by atoms with Gasteiger partial charge < -0.3 is 4.90 Å². The van der Waals surface area contributed by atoms with Crippen molar-refractivity contribution < 1.29 is 13.2 Å². The fourth-order valence-electron chi connectivity index (χ4n) is 3.46. The van der Waals surface area contributed by atoms with Gasteiger partial charge in [-0.25, -0.2) is 13.6 Å². The molecule has 0 aliphatic heterocycles. The Morgan fingerprint density at radius 3 is 2.30 bits per heavy atom. The molecule has 0 heterocycles. The van der Waals surface area contributed by atoms with Crippen LogP contribution < -0.4 is 5.14 Å². The van der Waals surface area contributed by atoms with E-state index in [9.17, 15) is 13.2 Å². The third-order valence-electron chi connectivity index (χ3n) is 4.66. The van der Waals surface area contributed by atoms with Crippen LogP contribution >= 0.6 is 0 Å². The summed E-state index contributed by atoms with van der Waals surface area (Å²) < 4.78 is 24.5. The summed E-state index contributed by atoms with van der Waals surface area (Å²) in [6.45, 7) is 4.83. The minimum absolute atomic E-state index is 0.0313. The van der Waals surface area contributed by atoms with E-state index in [-0.39, 0.29) is 22.3 Å². The molecule has 0 unspecified atom stereocenters. The van der Waals surface area contributed by atoms with Crippen LogP contribution in [0.4, 0.5) is 0 Å². The predicted molar refractivity (Wildman–Crippen MR) is 90.9 cm³/mol. The molecule has 0 spiro atoms. The highest BCUT2D eigenvalue weighted by molar-refractivity contribution is 7.89. The van der Waals surface area contributed by atoms with Gasteiger partial charge in [0.25, 0.3) is 5.91 Å². The summed E-state index contributed by atoms with van der Waals surface area (Å²) in [7, 11) is -3.96. The molecule has 0 aromatic heterocycles. The zero-order chi connectivity index (χ0) is 17.0.